The van der Waals surface area contributed by atoms with Crippen molar-refractivity contribution >= 4 is 11.6 Å². The van der Waals surface area contributed by atoms with E-state index >= 15 is 0 Å². The fourth-order valence-corrected chi connectivity index (χ4v) is 2.16. The maximum atomic E-state index is 12.6. The fraction of sp³-hybridized carbons (Fsp3) is 0.286. The van der Waals surface area contributed by atoms with Gasteiger partial charge in [-0.1, -0.05) is 6.08 Å². The van der Waals surface area contributed by atoms with Crippen molar-refractivity contribution in [1.82, 2.24) is 0 Å². The molecule has 0 aliphatic carbocycles. The van der Waals surface area contributed by atoms with E-state index in [9.17, 15) is 18.0 Å². The molecule has 2 rings (SSSR count). The van der Waals surface area contributed by atoms with E-state index in [4.69, 9.17) is 5.26 Å². The van der Waals surface area contributed by atoms with Crippen LogP contribution in [0.25, 0.3) is 0 Å². The van der Waals surface area contributed by atoms with Gasteiger partial charge in [0.25, 0.3) is 0 Å². The van der Waals surface area contributed by atoms with Gasteiger partial charge < -0.3 is 4.90 Å². The van der Waals surface area contributed by atoms with Crippen LogP contribution in [0.4, 0.5) is 18.9 Å². The molecule has 1 fully saturated rings. The molecule has 1 aliphatic heterocycles. The Morgan fingerprint density at radius 2 is 2.15 bits per heavy atom. The number of carbonyl (C=O) groups excluding carboxylic acids is 1. The van der Waals surface area contributed by atoms with Gasteiger partial charge in [-0.2, -0.15) is 18.4 Å². The van der Waals surface area contributed by atoms with E-state index in [0.717, 1.165) is 12.1 Å². The molecule has 1 unspecified atom stereocenters. The second kappa shape index (κ2) is 5.00. The summed E-state index contributed by atoms with van der Waals surface area (Å²) in [6.07, 6.45) is -2.62. The van der Waals surface area contributed by atoms with E-state index in [0.29, 0.717) is 6.54 Å². The second-order valence-electron chi connectivity index (χ2n) is 4.55. The summed E-state index contributed by atoms with van der Waals surface area (Å²) < 4.78 is 37.8. The molecule has 20 heavy (non-hydrogen) atoms. The predicted octanol–water partition coefficient (Wildman–Crippen LogP) is 3.12. The Bertz CT molecular complexity index is 601. The number of rotatable bonds is 2. The number of benzene rings is 1. The zero-order valence-corrected chi connectivity index (χ0v) is 10.4. The fourth-order valence-electron chi connectivity index (χ4n) is 2.16. The molecule has 1 atom stereocenters. The molecule has 1 aromatic carbocycles. The predicted molar refractivity (Wildman–Crippen MR) is 66.8 cm³/mol. The average molecular weight is 280 g/mol. The SMILES string of the molecule is C=CC1CC(=O)N(c2ccc(C(F)(F)F)cc2C#N)C1. The lowest BCUT2D eigenvalue weighted by molar-refractivity contribution is -0.137. The first-order valence-electron chi connectivity index (χ1n) is 5.91. The third kappa shape index (κ3) is 2.52. The zero-order chi connectivity index (χ0) is 14.9. The number of hydrogen-bond acceptors (Lipinski definition) is 2. The highest BCUT2D eigenvalue weighted by molar-refractivity contribution is 5.97. The van der Waals surface area contributed by atoms with Gasteiger partial charge in [-0.05, 0) is 18.2 Å². The summed E-state index contributed by atoms with van der Waals surface area (Å²) in [6, 6.07) is 4.54. The molecule has 6 heteroatoms. The van der Waals surface area contributed by atoms with E-state index in [1.807, 2.05) is 0 Å². The molecule has 0 N–H and O–H groups in total. The maximum absolute atomic E-state index is 12.6. The highest BCUT2D eigenvalue weighted by atomic mass is 19.4. The van der Waals surface area contributed by atoms with Crippen LogP contribution in [0, 0.1) is 17.2 Å². The second-order valence-corrected chi connectivity index (χ2v) is 4.55. The summed E-state index contributed by atoms with van der Waals surface area (Å²) in [5.41, 5.74) is -0.836. The van der Waals surface area contributed by atoms with Crippen molar-refractivity contribution in [1.29, 1.82) is 5.26 Å². The van der Waals surface area contributed by atoms with Crippen LogP contribution in [0.15, 0.2) is 30.9 Å². The Labute approximate surface area is 113 Å². The van der Waals surface area contributed by atoms with E-state index in [2.05, 4.69) is 6.58 Å². The summed E-state index contributed by atoms with van der Waals surface area (Å²) in [7, 11) is 0. The molecular formula is C14H11F3N2O. The number of nitrogens with zero attached hydrogens (tertiary/aromatic N) is 2. The molecule has 0 bridgehead atoms. The van der Waals surface area contributed by atoms with Gasteiger partial charge in [0.15, 0.2) is 0 Å². The van der Waals surface area contributed by atoms with Crippen molar-refractivity contribution < 1.29 is 18.0 Å². The first-order valence-corrected chi connectivity index (χ1v) is 5.91. The maximum Gasteiger partial charge on any atom is 0.416 e. The largest absolute Gasteiger partial charge is 0.416 e. The van der Waals surface area contributed by atoms with Crippen LogP contribution in [0.2, 0.25) is 0 Å². The molecule has 0 aromatic heterocycles. The average Bonchev–Trinajstić information content (AvgIpc) is 2.78. The lowest BCUT2D eigenvalue weighted by Gasteiger charge is -2.18. The molecule has 1 amide bonds. The molecule has 3 nitrogen and oxygen atoms in total. The number of alkyl halides is 3. The van der Waals surface area contributed by atoms with Gasteiger partial charge in [-0.15, -0.1) is 6.58 Å². The molecule has 1 heterocycles. The van der Waals surface area contributed by atoms with Crippen molar-refractivity contribution in [2.24, 2.45) is 5.92 Å². The van der Waals surface area contributed by atoms with Gasteiger partial charge in [0, 0.05) is 18.9 Å². The van der Waals surface area contributed by atoms with Crippen LogP contribution >= 0.6 is 0 Å². The lowest BCUT2D eigenvalue weighted by Crippen LogP contribution is -2.25. The summed E-state index contributed by atoms with van der Waals surface area (Å²) in [6.45, 7) is 3.94. The van der Waals surface area contributed by atoms with E-state index in [1.54, 1.807) is 12.1 Å². The molecular weight excluding hydrogens is 269 g/mol. The Morgan fingerprint density at radius 3 is 2.65 bits per heavy atom. The number of halogens is 3. The zero-order valence-electron chi connectivity index (χ0n) is 10.4. The lowest BCUT2D eigenvalue weighted by atomic mass is 10.1. The number of hydrogen-bond donors (Lipinski definition) is 0. The third-order valence-corrected chi connectivity index (χ3v) is 3.22. The summed E-state index contributed by atoms with van der Waals surface area (Å²) in [4.78, 5) is 13.2. The summed E-state index contributed by atoms with van der Waals surface area (Å²) in [5.74, 6) is -0.262. The first kappa shape index (κ1) is 14.1. The molecule has 0 saturated carbocycles. The van der Waals surface area contributed by atoms with Crippen LogP contribution in [0.3, 0.4) is 0 Å². The molecule has 104 valence electrons. The number of anilines is 1. The minimum Gasteiger partial charge on any atom is -0.310 e. The van der Waals surface area contributed by atoms with Crippen LogP contribution in [0.1, 0.15) is 17.5 Å². The van der Waals surface area contributed by atoms with Gasteiger partial charge >= 0.3 is 6.18 Å². The van der Waals surface area contributed by atoms with Crippen molar-refractivity contribution in [3.63, 3.8) is 0 Å². The third-order valence-electron chi connectivity index (χ3n) is 3.22. The number of nitriles is 1. The quantitative estimate of drug-likeness (QED) is 0.781. The topological polar surface area (TPSA) is 44.1 Å². The van der Waals surface area contributed by atoms with Crippen LogP contribution in [-0.2, 0) is 11.0 Å². The molecule has 0 radical (unpaired) electrons. The van der Waals surface area contributed by atoms with Crippen molar-refractivity contribution in [2.45, 2.75) is 12.6 Å². The van der Waals surface area contributed by atoms with Crippen LogP contribution in [-0.4, -0.2) is 12.5 Å². The monoisotopic (exact) mass is 280 g/mol. The molecule has 1 saturated heterocycles. The van der Waals surface area contributed by atoms with Gasteiger partial charge in [-0.3, -0.25) is 4.79 Å². The smallest absolute Gasteiger partial charge is 0.310 e. The Morgan fingerprint density at radius 1 is 1.45 bits per heavy atom. The van der Waals surface area contributed by atoms with Crippen molar-refractivity contribution in [3.8, 4) is 6.07 Å². The first-order chi connectivity index (χ1) is 9.36. The summed E-state index contributed by atoms with van der Waals surface area (Å²) in [5, 5.41) is 9.00. The van der Waals surface area contributed by atoms with E-state index in [-0.39, 0.29) is 29.5 Å². The van der Waals surface area contributed by atoms with Crippen LogP contribution in [0.5, 0.6) is 0 Å². The van der Waals surface area contributed by atoms with Crippen molar-refractivity contribution in [3.05, 3.63) is 42.0 Å². The Kier molecular flexibility index (Phi) is 3.53. The minimum absolute atomic E-state index is 0.0451. The Hall–Kier alpha value is -2.29. The molecule has 1 aliphatic rings. The normalized spacial score (nSPS) is 19.0. The van der Waals surface area contributed by atoms with E-state index in [1.165, 1.54) is 11.0 Å². The molecule has 0 spiro atoms. The minimum atomic E-state index is -4.51. The highest BCUT2D eigenvalue weighted by Crippen LogP contribution is 2.34. The Balaban J connectivity index is 2.41. The number of carbonyl (C=O) groups is 1. The van der Waals surface area contributed by atoms with Crippen molar-refractivity contribution in [2.75, 3.05) is 11.4 Å². The standard InChI is InChI=1S/C14H11F3N2O/c1-2-9-5-13(20)19(8-9)12-4-3-11(14(15,16)17)6-10(12)7-18/h2-4,6,9H,1,5,8H2. The number of amides is 1. The van der Waals surface area contributed by atoms with Gasteiger partial charge in [0.1, 0.15) is 6.07 Å². The van der Waals surface area contributed by atoms with E-state index < -0.39 is 11.7 Å². The van der Waals surface area contributed by atoms with Gasteiger partial charge in [0.05, 0.1) is 16.8 Å². The summed E-state index contributed by atoms with van der Waals surface area (Å²) >= 11 is 0. The van der Waals surface area contributed by atoms with Gasteiger partial charge in [0.2, 0.25) is 5.91 Å². The molecule has 1 aromatic rings. The van der Waals surface area contributed by atoms with Crippen LogP contribution < -0.4 is 4.90 Å². The highest BCUT2D eigenvalue weighted by Gasteiger charge is 2.34. The van der Waals surface area contributed by atoms with Gasteiger partial charge in [-0.25, -0.2) is 0 Å².